The van der Waals surface area contributed by atoms with Gasteiger partial charge in [-0.25, -0.2) is 0 Å². The molecule has 0 saturated heterocycles. The van der Waals surface area contributed by atoms with E-state index in [1.807, 2.05) is 7.05 Å². The second kappa shape index (κ2) is 2.67. The topological polar surface area (TPSA) is 14.1 Å². The Morgan fingerprint density at radius 1 is 1.18 bits per heavy atom. The van der Waals surface area contributed by atoms with Gasteiger partial charge in [0.1, 0.15) is 0 Å². The van der Waals surface area contributed by atoms with Crippen molar-refractivity contribution in [1.82, 2.24) is 0 Å². The average molecular weight is 146 g/mol. The van der Waals surface area contributed by atoms with Gasteiger partial charge in [0.25, 0.3) is 0 Å². The third-order valence-corrected chi connectivity index (χ3v) is 2.39. The van der Waals surface area contributed by atoms with Crippen molar-refractivity contribution in [2.75, 3.05) is 7.05 Å². The largest absolute Gasteiger partial charge is 0.662 e. The van der Waals surface area contributed by atoms with E-state index in [-0.39, 0.29) is 0 Å². The summed E-state index contributed by atoms with van der Waals surface area (Å²) in [6.45, 7) is 0. The van der Waals surface area contributed by atoms with E-state index in [9.17, 15) is 0 Å². The van der Waals surface area contributed by atoms with Crippen LogP contribution in [-0.2, 0) is 12.8 Å². The van der Waals surface area contributed by atoms with Crippen molar-refractivity contribution in [1.29, 1.82) is 0 Å². The first kappa shape index (κ1) is 6.86. The molecule has 1 nitrogen and oxygen atoms in total. The van der Waals surface area contributed by atoms with Crippen LogP contribution in [0, 0.1) is 0 Å². The van der Waals surface area contributed by atoms with Gasteiger partial charge in [0.15, 0.2) is 0 Å². The Balaban J connectivity index is 2.27. The van der Waals surface area contributed by atoms with Crippen LogP contribution < -0.4 is 0 Å². The monoisotopic (exact) mass is 146 g/mol. The molecule has 0 aliphatic heterocycles. The predicted octanol–water partition coefficient (Wildman–Crippen LogP) is 2.16. The van der Waals surface area contributed by atoms with Crippen molar-refractivity contribution < 1.29 is 0 Å². The fourth-order valence-corrected chi connectivity index (χ4v) is 1.72. The molecule has 2 rings (SSSR count). The van der Waals surface area contributed by atoms with Crippen LogP contribution in [0.5, 0.6) is 0 Å². The maximum Gasteiger partial charge on any atom is -0.0434 e. The zero-order valence-corrected chi connectivity index (χ0v) is 6.75. The normalized spacial score (nSPS) is 16.8. The van der Waals surface area contributed by atoms with Crippen molar-refractivity contribution in [3.05, 3.63) is 40.7 Å². The molecule has 0 heterocycles. The third kappa shape index (κ3) is 1.16. The summed E-state index contributed by atoms with van der Waals surface area (Å²) in [5.74, 6) is 0. The Bertz CT molecular complexity index is 230. The molecule has 0 fully saturated rings. The van der Waals surface area contributed by atoms with Gasteiger partial charge in [-0.3, -0.25) is 0 Å². The summed E-state index contributed by atoms with van der Waals surface area (Å²) in [5, 5.41) is 4.30. The Kier molecular flexibility index (Phi) is 1.66. The van der Waals surface area contributed by atoms with E-state index >= 15 is 0 Å². The van der Waals surface area contributed by atoms with Gasteiger partial charge in [0.2, 0.25) is 0 Å². The fraction of sp³-hybridized carbons (Fsp3) is 0.400. The molecule has 0 N–H and O–H groups in total. The van der Waals surface area contributed by atoms with Crippen LogP contribution in [0.25, 0.3) is 5.32 Å². The molecular weight excluding hydrogens is 134 g/mol. The molecule has 0 aromatic heterocycles. The quantitative estimate of drug-likeness (QED) is 0.576. The summed E-state index contributed by atoms with van der Waals surface area (Å²) >= 11 is 0. The van der Waals surface area contributed by atoms with Gasteiger partial charge >= 0.3 is 0 Å². The lowest BCUT2D eigenvalue weighted by molar-refractivity contribution is 0.798. The van der Waals surface area contributed by atoms with Gasteiger partial charge in [0, 0.05) is 0 Å². The van der Waals surface area contributed by atoms with Gasteiger partial charge < -0.3 is 5.32 Å². The Morgan fingerprint density at radius 3 is 2.18 bits per heavy atom. The van der Waals surface area contributed by atoms with Gasteiger partial charge in [-0.1, -0.05) is 24.3 Å². The molecule has 0 radical (unpaired) electrons. The summed E-state index contributed by atoms with van der Waals surface area (Å²) in [5.41, 5.74) is 2.98. The SMILES string of the molecule is C[N-]C1Cc2ccccc2C1. The second-order valence-corrected chi connectivity index (χ2v) is 3.09. The summed E-state index contributed by atoms with van der Waals surface area (Å²) in [7, 11) is 1.91. The summed E-state index contributed by atoms with van der Waals surface area (Å²) in [6, 6.07) is 9.18. The maximum absolute atomic E-state index is 4.30. The minimum absolute atomic E-state index is 0.549. The summed E-state index contributed by atoms with van der Waals surface area (Å²) in [6.07, 6.45) is 2.29. The highest BCUT2D eigenvalue weighted by atomic mass is 14.9. The van der Waals surface area contributed by atoms with E-state index in [1.54, 1.807) is 0 Å². The smallest absolute Gasteiger partial charge is 0.0434 e. The molecule has 1 heteroatoms. The standard InChI is InChI=1S/C10H12N/c1-11-10-6-8-4-2-3-5-9(8)7-10/h2-5,10H,6-7H2,1H3/q-1. The predicted molar refractivity (Wildman–Crippen MR) is 46.9 cm³/mol. The van der Waals surface area contributed by atoms with E-state index in [2.05, 4.69) is 29.6 Å². The van der Waals surface area contributed by atoms with Crippen molar-refractivity contribution in [3.63, 3.8) is 0 Å². The number of benzene rings is 1. The zero-order valence-electron chi connectivity index (χ0n) is 6.75. The average Bonchev–Trinajstić information content (AvgIpc) is 2.46. The van der Waals surface area contributed by atoms with Crippen molar-refractivity contribution in [2.24, 2.45) is 0 Å². The third-order valence-electron chi connectivity index (χ3n) is 2.39. The van der Waals surface area contributed by atoms with E-state index in [4.69, 9.17) is 0 Å². The molecule has 58 valence electrons. The van der Waals surface area contributed by atoms with Crippen LogP contribution in [0.1, 0.15) is 11.1 Å². The molecule has 0 amide bonds. The molecule has 1 aliphatic carbocycles. The van der Waals surface area contributed by atoms with E-state index in [0.717, 1.165) is 12.8 Å². The molecule has 0 saturated carbocycles. The molecule has 0 atom stereocenters. The fourth-order valence-electron chi connectivity index (χ4n) is 1.72. The maximum atomic E-state index is 4.30. The Hall–Kier alpha value is -0.820. The van der Waals surface area contributed by atoms with Crippen LogP contribution >= 0.6 is 0 Å². The number of hydrogen-bond donors (Lipinski definition) is 0. The first-order chi connectivity index (χ1) is 5.40. The lowest BCUT2D eigenvalue weighted by Crippen LogP contribution is -2.02. The second-order valence-electron chi connectivity index (χ2n) is 3.09. The Labute approximate surface area is 67.4 Å². The van der Waals surface area contributed by atoms with Crippen molar-refractivity contribution in [3.8, 4) is 0 Å². The van der Waals surface area contributed by atoms with Crippen LogP contribution in [0.2, 0.25) is 0 Å². The highest BCUT2D eigenvalue weighted by Crippen LogP contribution is 2.24. The summed E-state index contributed by atoms with van der Waals surface area (Å²) < 4.78 is 0. The van der Waals surface area contributed by atoms with Gasteiger partial charge in [-0.2, -0.15) is 7.05 Å². The number of hydrogen-bond acceptors (Lipinski definition) is 0. The van der Waals surface area contributed by atoms with E-state index in [0.29, 0.717) is 6.04 Å². The van der Waals surface area contributed by atoms with E-state index in [1.165, 1.54) is 11.1 Å². The first-order valence-corrected chi connectivity index (χ1v) is 4.06. The molecule has 0 unspecified atom stereocenters. The molecular formula is C10H12N-. The number of likely N-dealkylation sites (N-methyl/N-ethyl adjacent to an activating group) is 1. The Morgan fingerprint density at radius 2 is 1.73 bits per heavy atom. The molecule has 11 heavy (non-hydrogen) atoms. The lowest BCUT2D eigenvalue weighted by Gasteiger charge is -2.20. The molecule has 1 aromatic rings. The van der Waals surface area contributed by atoms with Crippen molar-refractivity contribution >= 4 is 0 Å². The minimum atomic E-state index is 0.549. The highest BCUT2D eigenvalue weighted by Gasteiger charge is 2.12. The first-order valence-electron chi connectivity index (χ1n) is 4.06. The zero-order chi connectivity index (χ0) is 7.68. The minimum Gasteiger partial charge on any atom is -0.662 e. The number of fused-ring (bicyclic) bond motifs is 1. The highest BCUT2D eigenvalue weighted by molar-refractivity contribution is 5.34. The van der Waals surface area contributed by atoms with Crippen LogP contribution in [0.3, 0.4) is 0 Å². The van der Waals surface area contributed by atoms with Crippen LogP contribution in [0.4, 0.5) is 0 Å². The van der Waals surface area contributed by atoms with Crippen LogP contribution in [0.15, 0.2) is 24.3 Å². The summed E-state index contributed by atoms with van der Waals surface area (Å²) in [4.78, 5) is 0. The van der Waals surface area contributed by atoms with Crippen molar-refractivity contribution in [2.45, 2.75) is 18.9 Å². The molecule has 0 spiro atoms. The molecule has 1 aromatic carbocycles. The lowest BCUT2D eigenvalue weighted by atomic mass is 10.1. The van der Waals surface area contributed by atoms with Crippen LogP contribution in [-0.4, -0.2) is 13.1 Å². The number of nitrogens with zero attached hydrogens (tertiary/aromatic N) is 1. The van der Waals surface area contributed by atoms with Gasteiger partial charge in [0.05, 0.1) is 0 Å². The van der Waals surface area contributed by atoms with Gasteiger partial charge in [-0.05, 0) is 24.0 Å². The molecule has 1 aliphatic rings. The van der Waals surface area contributed by atoms with E-state index < -0.39 is 0 Å². The van der Waals surface area contributed by atoms with Gasteiger partial charge in [-0.15, -0.1) is 6.04 Å². The number of rotatable bonds is 1. The molecule has 0 bridgehead atoms.